The molecule has 0 radical (unpaired) electrons. The van der Waals surface area contributed by atoms with Gasteiger partial charge in [-0.3, -0.25) is 14.5 Å². The van der Waals surface area contributed by atoms with E-state index in [1.54, 1.807) is 0 Å². The molecule has 3 aliphatic rings. The smallest absolute Gasteiger partial charge is 0.236 e. The van der Waals surface area contributed by atoms with Gasteiger partial charge in [0.1, 0.15) is 0 Å². The van der Waals surface area contributed by atoms with E-state index in [9.17, 15) is 9.59 Å². The number of rotatable bonds is 1. The highest BCUT2D eigenvalue weighted by atomic mass is 16.5. The summed E-state index contributed by atoms with van der Waals surface area (Å²) >= 11 is 0. The number of ether oxygens (including phenoxy) is 1. The molecule has 4 nitrogen and oxygen atoms in total. The summed E-state index contributed by atoms with van der Waals surface area (Å²) in [7, 11) is 0. The van der Waals surface area contributed by atoms with Gasteiger partial charge in [-0.15, -0.1) is 0 Å². The van der Waals surface area contributed by atoms with Crippen molar-refractivity contribution in [3.8, 4) is 0 Å². The van der Waals surface area contributed by atoms with Crippen LogP contribution in [0.5, 0.6) is 0 Å². The maximum absolute atomic E-state index is 12.1. The Labute approximate surface area is 94.2 Å². The van der Waals surface area contributed by atoms with E-state index >= 15 is 0 Å². The molecule has 4 unspecified atom stereocenters. The Morgan fingerprint density at radius 1 is 1.44 bits per heavy atom. The summed E-state index contributed by atoms with van der Waals surface area (Å²) in [5, 5.41) is 0. The van der Waals surface area contributed by atoms with Crippen molar-refractivity contribution >= 4 is 11.8 Å². The molecule has 0 aromatic rings. The van der Waals surface area contributed by atoms with Gasteiger partial charge in [0, 0.05) is 6.54 Å². The van der Waals surface area contributed by atoms with Gasteiger partial charge in [-0.25, -0.2) is 0 Å². The number of amides is 2. The normalized spacial score (nSPS) is 45.3. The summed E-state index contributed by atoms with van der Waals surface area (Å²) in [4.78, 5) is 25.6. The first-order valence-corrected chi connectivity index (χ1v) is 5.72. The fourth-order valence-electron chi connectivity index (χ4n) is 3.42. The van der Waals surface area contributed by atoms with Crippen LogP contribution in [0.25, 0.3) is 0 Å². The summed E-state index contributed by atoms with van der Waals surface area (Å²) < 4.78 is 5.81. The standard InChI is InChI=1S/C12H15NO3/c1-4-13-10(14)7-8(11(13)15)12(3)5-6(2)9(7)16-12/h5,7-9H,4H2,1-3H3. The van der Waals surface area contributed by atoms with Crippen LogP contribution in [0.3, 0.4) is 0 Å². The van der Waals surface area contributed by atoms with Crippen molar-refractivity contribution in [1.82, 2.24) is 4.90 Å². The number of hydrogen-bond acceptors (Lipinski definition) is 3. The first-order valence-electron chi connectivity index (χ1n) is 5.72. The first kappa shape index (κ1) is 10.0. The third-order valence-corrected chi connectivity index (χ3v) is 4.05. The number of imide groups is 1. The molecule has 2 fully saturated rings. The highest BCUT2D eigenvalue weighted by molar-refractivity contribution is 6.07. The van der Waals surface area contributed by atoms with Crippen LogP contribution in [0.4, 0.5) is 0 Å². The quantitative estimate of drug-likeness (QED) is 0.484. The van der Waals surface area contributed by atoms with Crippen LogP contribution in [0.2, 0.25) is 0 Å². The molecule has 0 spiro atoms. The molecule has 3 rings (SSSR count). The molecule has 4 heteroatoms. The summed E-state index contributed by atoms with van der Waals surface area (Å²) in [6, 6.07) is 0. The second kappa shape index (κ2) is 2.74. The lowest BCUT2D eigenvalue weighted by molar-refractivity contribution is -0.143. The van der Waals surface area contributed by atoms with Crippen LogP contribution < -0.4 is 0 Å². The minimum atomic E-state index is -0.559. The Bertz CT molecular complexity index is 428. The molecule has 86 valence electrons. The predicted molar refractivity (Wildman–Crippen MR) is 56.4 cm³/mol. The number of carbonyl (C=O) groups is 2. The zero-order valence-electron chi connectivity index (χ0n) is 9.69. The lowest BCUT2D eigenvalue weighted by Gasteiger charge is -2.23. The van der Waals surface area contributed by atoms with E-state index in [-0.39, 0.29) is 29.8 Å². The van der Waals surface area contributed by atoms with Crippen molar-refractivity contribution < 1.29 is 14.3 Å². The Morgan fingerprint density at radius 3 is 2.75 bits per heavy atom. The largest absolute Gasteiger partial charge is 0.362 e. The molecule has 0 aromatic heterocycles. The van der Waals surface area contributed by atoms with Crippen molar-refractivity contribution in [3.05, 3.63) is 11.6 Å². The van der Waals surface area contributed by atoms with Crippen LogP contribution in [-0.4, -0.2) is 35.0 Å². The fraction of sp³-hybridized carbons (Fsp3) is 0.667. The average Bonchev–Trinajstić information content (AvgIpc) is 2.74. The van der Waals surface area contributed by atoms with Crippen LogP contribution in [0.1, 0.15) is 20.8 Å². The van der Waals surface area contributed by atoms with Gasteiger partial charge in [0.15, 0.2) is 0 Å². The topological polar surface area (TPSA) is 46.6 Å². The van der Waals surface area contributed by atoms with E-state index in [2.05, 4.69) is 0 Å². The van der Waals surface area contributed by atoms with Crippen molar-refractivity contribution in [3.63, 3.8) is 0 Å². The molecule has 0 saturated carbocycles. The fourth-order valence-corrected chi connectivity index (χ4v) is 3.42. The van der Waals surface area contributed by atoms with E-state index in [1.807, 2.05) is 26.8 Å². The van der Waals surface area contributed by atoms with Crippen molar-refractivity contribution in [2.24, 2.45) is 11.8 Å². The number of likely N-dealkylation sites (tertiary alicyclic amines) is 1. The number of hydrogen-bond donors (Lipinski definition) is 0. The summed E-state index contributed by atoms with van der Waals surface area (Å²) in [5.41, 5.74) is 0.527. The highest BCUT2D eigenvalue weighted by Gasteiger charge is 2.66. The monoisotopic (exact) mass is 221 g/mol. The van der Waals surface area contributed by atoms with Crippen molar-refractivity contribution in [1.29, 1.82) is 0 Å². The van der Waals surface area contributed by atoms with Gasteiger partial charge in [0.2, 0.25) is 11.8 Å². The molecule has 2 bridgehead atoms. The van der Waals surface area contributed by atoms with Gasteiger partial charge < -0.3 is 4.74 Å². The second-order valence-electron chi connectivity index (χ2n) is 5.03. The van der Waals surface area contributed by atoms with E-state index in [0.717, 1.165) is 5.57 Å². The first-order chi connectivity index (χ1) is 7.49. The van der Waals surface area contributed by atoms with Crippen molar-refractivity contribution in [2.75, 3.05) is 6.54 Å². The van der Waals surface area contributed by atoms with Crippen LogP contribution >= 0.6 is 0 Å². The molecule has 3 heterocycles. The Morgan fingerprint density at radius 2 is 2.12 bits per heavy atom. The average molecular weight is 221 g/mol. The van der Waals surface area contributed by atoms with Crippen LogP contribution in [0.15, 0.2) is 11.6 Å². The molecule has 4 atom stereocenters. The van der Waals surface area contributed by atoms with Gasteiger partial charge in [-0.2, -0.15) is 0 Å². The minimum absolute atomic E-state index is 0.0568. The lowest BCUT2D eigenvalue weighted by atomic mass is 9.75. The molecule has 0 N–H and O–H groups in total. The molecule has 0 aromatic carbocycles. The van der Waals surface area contributed by atoms with Gasteiger partial charge in [0.05, 0.1) is 23.5 Å². The predicted octanol–water partition coefficient (Wildman–Crippen LogP) is 0.725. The SMILES string of the molecule is CCN1C(=O)C2C3OC(C)(C=C3C)C2C1=O. The Balaban J connectivity index is 2.08. The molecule has 2 saturated heterocycles. The number of nitrogens with zero attached hydrogens (tertiary/aromatic N) is 1. The maximum atomic E-state index is 12.1. The molecule has 16 heavy (non-hydrogen) atoms. The van der Waals surface area contributed by atoms with Gasteiger partial charge >= 0.3 is 0 Å². The maximum Gasteiger partial charge on any atom is 0.236 e. The third kappa shape index (κ3) is 0.895. The van der Waals surface area contributed by atoms with Crippen molar-refractivity contribution in [2.45, 2.75) is 32.5 Å². The minimum Gasteiger partial charge on any atom is -0.362 e. The molecular formula is C12H15NO3. The van der Waals surface area contributed by atoms with Gasteiger partial charge in [-0.05, 0) is 26.3 Å². The van der Waals surface area contributed by atoms with E-state index in [1.165, 1.54) is 4.90 Å². The summed E-state index contributed by atoms with van der Waals surface area (Å²) in [6.45, 7) is 6.18. The van der Waals surface area contributed by atoms with Crippen LogP contribution in [0, 0.1) is 11.8 Å². The number of fused-ring (bicyclic) bond motifs is 5. The van der Waals surface area contributed by atoms with E-state index in [4.69, 9.17) is 4.74 Å². The Hall–Kier alpha value is -1.16. The molecule has 0 aliphatic carbocycles. The summed E-state index contributed by atoms with van der Waals surface area (Å²) in [6.07, 6.45) is 1.83. The van der Waals surface area contributed by atoms with Crippen LogP contribution in [-0.2, 0) is 14.3 Å². The number of carbonyl (C=O) groups excluding carboxylic acids is 2. The van der Waals surface area contributed by atoms with Gasteiger partial charge in [-0.1, -0.05) is 6.08 Å². The molecule has 3 aliphatic heterocycles. The van der Waals surface area contributed by atoms with E-state index in [0.29, 0.717) is 6.54 Å². The summed E-state index contributed by atoms with van der Waals surface area (Å²) in [5.74, 6) is -0.693. The molecule has 2 amide bonds. The van der Waals surface area contributed by atoms with E-state index < -0.39 is 5.60 Å². The third-order valence-electron chi connectivity index (χ3n) is 4.05. The highest BCUT2D eigenvalue weighted by Crippen LogP contribution is 2.53. The Kier molecular flexibility index (Phi) is 1.72. The lowest BCUT2D eigenvalue weighted by Crippen LogP contribution is -2.38. The molecular weight excluding hydrogens is 206 g/mol. The second-order valence-corrected chi connectivity index (χ2v) is 5.03. The van der Waals surface area contributed by atoms with Gasteiger partial charge in [0.25, 0.3) is 0 Å². The zero-order valence-corrected chi connectivity index (χ0v) is 9.69. The zero-order chi connectivity index (χ0) is 11.7.